The van der Waals surface area contributed by atoms with E-state index in [1.807, 2.05) is 53.4 Å². The molecule has 2 N–H and O–H groups in total. The van der Waals surface area contributed by atoms with Crippen LogP contribution in [0.25, 0.3) is 11.3 Å². The van der Waals surface area contributed by atoms with Gasteiger partial charge in [0.1, 0.15) is 11.5 Å². The Balaban J connectivity index is 1.16. The number of nitrogens with one attached hydrogen (secondary N) is 1. The lowest BCUT2D eigenvalue weighted by Gasteiger charge is -2.37. The van der Waals surface area contributed by atoms with Crippen molar-refractivity contribution in [1.82, 2.24) is 25.3 Å². The van der Waals surface area contributed by atoms with Crippen LogP contribution in [0, 0.1) is 5.92 Å². The Bertz CT molecular complexity index is 1480. The molecule has 3 heterocycles. The summed E-state index contributed by atoms with van der Waals surface area (Å²) < 4.78 is 6.40. The Morgan fingerprint density at radius 3 is 2.42 bits per heavy atom. The van der Waals surface area contributed by atoms with E-state index in [1.54, 1.807) is 6.07 Å². The smallest absolute Gasteiger partial charge is 0.251 e. The quantitative estimate of drug-likeness (QED) is 0.327. The van der Waals surface area contributed by atoms with Crippen molar-refractivity contribution in [2.45, 2.75) is 89.9 Å². The molecule has 0 bridgehead atoms. The van der Waals surface area contributed by atoms with E-state index in [9.17, 15) is 14.7 Å². The van der Waals surface area contributed by atoms with Crippen LogP contribution in [0.4, 0.5) is 0 Å². The lowest BCUT2D eigenvalue weighted by Crippen LogP contribution is -2.49. The predicted octanol–water partition coefficient (Wildman–Crippen LogP) is 5.54. The maximum absolute atomic E-state index is 13.4. The summed E-state index contributed by atoms with van der Waals surface area (Å²) in [6.07, 6.45) is 5.07. The molecule has 9 nitrogen and oxygen atoms in total. The van der Waals surface area contributed by atoms with Crippen LogP contribution in [0.15, 0.2) is 54.6 Å². The Morgan fingerprint density at radius 2 is 1.80 bits per heavy atom. The molecule has 0 unspecified atom stereocenters. The fraction of sp³-hybridized carbons (Fsp3) is 0.500. The predicted molar refractivity (Wildman–Crippen MR) is 173 cm³/mol. The van der Waals surface area contributed by atoms with E-state index in [4.69, 9.17) is 4.74 Å². The maximum Gasteiger partial charge on any atom is 0.251 e. The van der Waals surface area contributed by atoms with Gasteiger partial charge in [-0.15, -0.1) is 0 Å². The summed E-state index contributed by atoms with van der Waals surface area (Å²) in [6.45, 7) is 9.18. The minimum Gasteiger partial charge on any atom is -0.457 e. The number of hydrogen-bond donors (Lipinski definition) is 2. The summed E-state index contributed by atoms with van der Waals surface area (Å²) >= 11 is 0. The first-order valence-corrected chi connectivity index (χ1v) is 16.5. The number of piperidine rings is 1. The summed E-state index contributed by atoms with van der Waals surface area (Å²) in [4.78, 5) is 30.3. The number of ether oxygens (including phenoxy) is 1. The number of carbonyl (C=O) groups excluding carboxylic acids is 2. The third-order valence-electron chi connectivity index (χ3n) is 9.53. The van der Waals surface area contributed by atoms with Crippen molar-refractivity contribution in [1.29, 1.82) is 0 Å². The maximum atomic E-state index is 13.4. The zero-order valence-corrected chi connectivity index (χ0v) is 26.6. The van der Waals surface area contributed by atoms with E-state index in [2.05, 4.69) is 41.2 Å². The highest BCUT2D eigenvalue weighted by atomic mass is 16.5. The van der Waals surface area contributed by atoms with Crippen LogP contribution in [0.2, 0.25) is 0 Å². The van der Waals surface area contributed by atoms with Crippen LogP contribution in [-0.4, -0.2) is 74.7 Å². The summed E-state index contributed by atoms with van der Waals surface area (Å²) in [5.74, 6) is 1.84. The third kappa shape index (κ3) is 7.36. The summed E-state index contributed by atoms with van der Waals surface area (Å²) in [5.41, 5.74) is 4.06. The van der Waals surface area contributed by atoms with E-state index >= 15 is 0 Å². The number of amides is 2. The van der Waals surface area contributed by atoms with Gasteiger partial charge in [-0.25, -0.2) is 0 Å². The van der Waals surface area contributed by atoms with E-state index < -0.39 is 0 Å². The van der Waals surface area contributed by atoms with Crippen LogP contribution in [-0.2, 0) is 11.3 Å². The molecular weight excluding hydrogens is 566 g/mol. The van der Waals surface area contributed by atoms with Crippen molar-refractivity contribution in [3.8, 4) is 22.8 Å². The largest absolute Gasteiger partial charge is 0.457 e. The highest BCUT2D eigenvalue weighted by Gasteiger charge is 2.33. The van der Waals surface area contributed by atoms with E-state index in [-0.39, 0.29) is 30.0 Å². The zero-order valence-electron chi connectivity index (χ0n) is 26.6. The first-order chi connectivity index (χ1) is 21.7. The molecule has 0 spiro atoms. The number of hydrogen-bond acceptors (Lipinski definition) is 7. The van der Waals surface area contributed by atoms with Crippen LogP contribution in [0.1, 0.15) is 86.8 Å². The minimum absolute atomic E-state index is 0.0882. The van der Waals surface area contributed by atoms with Crippen molar-refractivity contribution in [3.05, 3.63) is 71.4 Å². The van der Waals surface area contributed by atoms with Crippen molar-refractivity contribution < 1.29 is 19.4 Å². The average Bonchev–Trinajstić information content (AvgIpc) is 3.61. The van der Waals surface area contributed by atoms with Gasteiger partial charge in [0.15, 0.2) is 0 Å². The van der Waals surface area contributed by atoms with Crippen LogP contribution < -0.4 is 10.1 Å². The van der Waals surface area contributed by atoms with Crippen molar-refractivity contribution >= 4 is 11.8 Å². The standard InChI is InChI=1S/C36H45N5O4/c1-23(2)30-13-14-31(39-38-30)25-9-11-29(12-10-25)45-34-20-26(7-8-27(34)22-41-21-24(3)19-35(41)43)36(44)37-28-15-17-40(18-16-28)32-5-4-6-33(32)42/h7-14,20,23-24,28,32-33,42H,4-6,15-19,21-22H2,1-3H3,(H,37,44)/t24-,32-,33-/m0/s1. The van der Waals surface area contributed by atoms with Gasteiger partial charge in [0.05, 0.1) is 17.5 Å². The number of nitrogens with zero attached hydrogens (tertiary/aromatic N) is 4. The molecule has 3 atom stereocenters. The Labute approximate surface area is 266 Å². The number of benzene rings is 2. The molecule has 1 aliphatic carbocycles. The minimum atomic E-state index is -0.228. The molecular formula is C36H45N5O4. The molecule has 2 aliphatic heterocycles. The topological polar surface area (TPSA) is 108 Å². The first-order valence-electron chi connectivity index (χ1n) is 16.5. The normalized spacial score (nSPS) is 22.7. The van der Waals surface area contributed by atoms with Gasteiger partial charge in [-0.3, -0.25) is 14.5 Å². The molecule has 9 heteroatoms. The number of rotatable bonds is 9. The van der Waals surface area contributed by atoms with Gasteiger partial charge in [-0.05, 0) is 92.5 Å². The Morgan fingerprint density at radius 1 is 1.02 bits per heavy atom. The zero-order chi connectivity index (χ0) is 31.5. The van der Waals surface area contributed by atoms with E-state index in [0.29, 0.717) is 48.4 Å². The molecule has 6 rings (SSSR count). The molecule has 2 saturated heterocycles. The molecule has 0 radical (unpaired) electrons. The second-order valence-electron chi connectivity index (χ2n) is 13.4. The summed E-state index contributed by atoms with van der Waals surface area (Å²) in [7, 11) is 0. The van der Waals surface area contributed by atoms with Gasteiger partial charge >= 0.3 is 0 Å². The molecule has 1 saturated carbocycles. The van der Waals surface area contributed by atoms with Gasteiger partial charge in [-0.2, -0.15) is 10.2 Å². The summed E-state index contributed by atoms with van der Waals surface area (Å²) in [6, 6.07) is 17.5. The average molecular weight is 612 g/mol. The number of carbonyl (C=O) groups is 2. The van der Waals surface area contributed by atoms with E-state index in [0.717, 1.165) is 67.7 Å². The fourth-order valence-electron chi connectivity index (χ4n) is 6.87. The number of aliphatic hydroxyl groups is 1. The lowest BCUT2D eigenvalue weighted by atomic mass is 10.0. The molecule has 3 fully saturated rings. The molecule has 45 heavy (non-hydrogen) atoms. The first kappa shape index (κ1) is 31.2. The summed E-state index contributed by atoms with van der Waals surface area (Å²) in [5, 5.41) is 22.3. The van der Waals surface area contributed by atoms with Gasteiger partial charge in [0.25, 0.3) is 5.91 Å². The van der Waals surface area contributed by atoms with Crippen molar-refractivity contribution in [2.24, 2.45) is 5.92 Å². The Hall–Kier alpha value is -3.82. The van der Waals surface area contributed by atoms with Crippen LogP contribution >= 0.6 is 0 Å². The van der Waals surface area contributed by atoms with E-state index in [1.165, 1.54) is 0 Å². The fourth-order valence-corrected chi connectivity index (χ4v) is 6.87. The number of aromatic nitrogens is 2. The second-order valence-corrected chi connectivity index (χ2v) is 13.4. The molecule has 3 aromatic rings. The Kier molecular flexibility index (Phi) is 9.47. The second kappa shape index (κ2) is 13.7. The third-order valence-corrected chi connectivity index (χ3v) is 9.53. The molecule has 3 aliphatic rings. The molecule has 2 aromatic carbocycles. The SMILES string of the molecule is CC(C)c1ccc(-c2ccc(Oc3cc(C(=O)NC4CCN([C@H]5CCC[C@@H]5O)CC4)ccc3CN3C[C@@H](C)CC3=O)cc2)nn1. The monoisotopic (exact) mass is 611 g/mol. The highest BCUT2D eigenvalue weighted by Crippen LogP contribution is 2.32. The van der Waals surface area contributed by atoms with Gasteiger partial charge in [0, 0.05) is 61.4 Å². The molecule has 1 aromatic heterocycles. The molecule has 2 amide bonds. The lowest BCUT2D eigenvalue weighted by molar-refractivity contribution is -0.128. The van der Waals surface area contributed by atoms with Crippen LogP contribution in [0.5, 0.6) is 11.5 Å². The van der Waals surface area contributed by atoms with Crippen molar-refractivity contribution in [2.75, 3.05) is 19.6 Å². The van der Waals surface area contributed by atoms with Gasteiger partial charge in [-0.1, -0.05) is 26.8 Å². The molecule has 238 valence electrons. The van der Waals surface area contributed by atoms with Crippen molar-refractivity contribution in [3.63, 3.8) is 0 Å². The van der Waals surface area contributed by atoms with Gasteiger partial charge < -0.3 is 20.1 Å². The number of likely N-dealkylation sites (tertiary alicyclic amines) is 2. The highest BCUT2D eigenvalue weighted by molar-refractivity contribution is 5.95. The van der Waals surface area contributed by atoms with Gasteiger partial charge in [0.2, 0.25) is 5.91 Å². The van der Waals surface area contributed by atoms with Crippen LogP contribution in [0.3, 0.4) is 0 Å². The number of aliphatic hydroxyl groups excluding tert-OH is 1.